The van der Waals surface area contributed by atoms with Crippen LogP contribution < -0.4 is 10.5 Å². The number of anilines is 1. The third-order valence-corrected chi connectivity index (χ3v) is 2.60. The van der Waals surface area contributed by atoms with Crippen molar-refractivity contribution in [2.24, 2.45) is 0 Å². The van der Waals surface area contributed by atoms with Crippen molar-refractivity contribution in [2.75, 3.05) is 18.0 Å². The molecule has 0 atom stereocenters. The zero-order valence-corrected chi connectivity index (χ0v) is 8.69. The third-order valence-electron chi connectivity index (χ3n) is 2.60. The summed E-state index contributed by atoms with van der Waals surface area (Å²) in [6.07, 6.45) is 2.98. The lowest BCUT2D eigenvalue weighted by atomic mass is 10.4. The summed E-state index contributed by atoms with van der Waals surface area (Å²) in [5, 5.41) is 8.62. The molecule has 0 unspecified atom stereocenters. The van der Waals surface area contributed by atoms with Crippen LogP contribution in [0.25, 0.3) is 0 Å². The standard InChI is InChI=1S/C10H11FN4O/c11-8-7-13-10(14-4-1-2-5-14)15(6-3-12)9(8)16/h7H,1-2,4-6H2. The van der Waals surface area contributed by atoms with Crippen molar-refractivity contribution in [3.05, 3.63) is 22.4 Å². The summed E-state index contributed by atoms with van der Waals surface area (Å²) in [6, 6.07) is 1.85. The molecule has 2 rings (SSSR count). The quantitative estimate of drug-likeness (QED) is 0.731. The number of nitriles is 1. The summed E-state index contributed by atoms with van der Waals surface area (Å²) in [7, 11) is 0. The molecule has 0 aromatic carbocycles. The highest BCUT2D eigenvalue weighted by molar-refractivity contribution is 5.32. The first-order valence-corrected chi connectivity index (χ1v) is 5.11. The Kier molecular flexibility index (Phi) is 2.86. The van der Waals surface area contributed by atoms with Gasteiger partial charge in [-0.25, -0.2) is 4.98 Å². The molecule has 0 saturated carbocycles. The van der Waals surface area contributed by atoms with Gasteiger partial charge in [-0.1, -0.05) is 0 Å². The molecule has 0 aliphatic carbocycles. The highest BCUT2D eigenvalue weighted by Gasteiger charge is 2.19. The van der Waals surface area contributed by atoms with Gasteiger partial charge in [0.25, 0.3) is 5.56 Å². The SMILES string of the molecule is N#CCn1c(N2CCCC2)ncc(F)c1=O. The summed E-state index contributed by atoms with van der Waals surface area (Å²) in [5.74, 6) is -0.524. The van der Waals surface area contributed by atoms with Crippen LogP contribution in [-0.4, -0.2) is 22.6 Å². The fraction of sp³-hybridized carbons (Fsp3) is 0.500. The first kappa shape index (κ1) is 10.6. The van der Waals surface area contributed by atoms with Crippen molar-refractivity contribution < 1.29 is 4.39 Å². The van der Waals surface area contributed by atoms with Crippen LogP contribution in [0.15, 0.2) is 11.0 Å². The number of halogens is 1. The Bertz CT molecular complexity index is 485. The number of hydrogen-bond acceptors (Lipinski definition) is 4. The number of rotatable bonds is 2. The van der Waals surface area contributed by atoms with Gasteiger partial charge in [-0.05, 0) is 12.8 Å². The zero-order chi connectivity index (χ0) is 11.5. The lowest BCUT2D eigenvalue weighted by Gasteiger charge is -2.19. The van der Waals surface area contributed by atoms with Crippen LogP contribution >= 0.6 is 0 Å². The van der Waals surface area contributed by atoms with Crippen LogP contribution in [0.3, 0.4) is 0 Å². The van der Waals surface area contributed by atoms with E-state index in [0.29, 0.717) is 5.95 Å². The van der Waals surface area contributed by atoms with Gasteiger partial charge in [0.05, 0.1) is 12.3 Å². The van der Waals surface area contributed by atoms with Crippen LogP contribution in [0, 0.1) is 17.1 Å². The highest BCUT2D eigenvalue weighted by atomic mass is 19.1. The monoisotopic (exact) mass is 222 g/mol. The Hall–Kier alpha value is -1.90. The Balaban J connectivity index is 2.48. The van der Waals surface area contributed by atoms with E-state index in [0.717, 1.165) is 36.7 Å². The molecule has 0 amide bonds. The van der Waals surface area contributed by atoms with Crippen LogP contribution in [0.1, 0.15) is 12.8 Å². The van der Waals surface area contributed by atoms with Crippen LogP contribution in [0.2, 0.25) is 0 Å². The molecule has 2 heterocycles. The minimum atomic E-state index is -0.918. The molecule has 1 aromatic rings. The van der Waals surface area contributed by atoms with E-state index in [1.165, 1.54) is 0 Å². The molecule has 0 bridgehead atoms. The topological polar surface area (TPSA) is 61.9 Å². The lowest BCUT2D eigenvalue weighted by Crippen LogP contribution is -2.32. The molecular formula is C10H11FN4O. The molecule has 16 heavy (non-hydrogen) atoms. The molecule has 1 saturated heterocycles. The van der Waals surface area contributed by atoms with Gasteiger partial charge in [0.2, 0.25) is 11.8 Å². The predicted octanol–water partition coefficient (Wildman–Crippen LogP) is 0.506. The van der Waals surface area contributed by atoms with Gasteiger partial charge >= 0.3 is 0 Å². The van der Waals surface area contributed by atoms with Crippen LogP contribution in [0.5, 0.6) is 0 Å². The summed E-state index contributed by atoms with van der Waals surface area (Å²) >= 11 is 0. The van der Waals surface area contributed by atoms with Gasteiger partial charge in [0, 0.05) is 13.1 Å². The molecule has 5 nitrogen and oxygen atoms in total. The second kappa shape index (κ2) is 4.31. The summed E-state index contributed by atoms with van der Waals surface area (Å²) in [5.41, 5.74) is -0.779. The van der Waals surface area contributed by atoms with Gasteiger partial charge in [-0.15, -0.1) is 0 Å². The number of nitrogens with zero attached hydrogens (tertiary/aromatic N) is 4. The normalized spacial score (nSPS) is 15.1. The number of aromatic nitrogens is 2. The van der Waals surface area contributed by atoms with E-state index >= 15 is 0 Å². The van der Waals surface area contributed by atoms with Gasteiger partial charge in [0.15, 0.2) is 0 Å². The molecule has 1 fully saturated rings. The third kappa shape index (κ3) is 1.76. The van der Waals surface area contributed by atoms with Crippen molar-refractivity contribution >= 4 is 5.95 Å². The molecule has 84 valence electrons. The molecule has 0 radical (unpaired) electrons. The fourth-order valence-electron chi connectivity index (χ4n) is 1.84. The maximum absolute atomic E-state index is 13.0. The summed E-state index contributed by atoms with van der Waals surface area (Å²) in [6.45, 7) is 1.42. The van der Waals surface area contributed by atoms with Gasteiger partial charge < -0.3 is 4.90 Å². The second-order valence-corrected chi connectivity index (χ2v) is 3.65. The highest BCUT2D eigenvalue weighted by Crippen LogP contribution is 2.16. The van der Waals surface area contributed by atoms with Gasteiger partial charge in [0.1, 0.15) is 6.54 Å². The van der Waals surface area contributed by atoms with E-state index in [4.69, 9.17) is 5.26 Å². The molecule has 1 aromatic heterocycles. The summed E-state index contributed by atoms with van der Waals surface area (Å²) in [4.78, 5) is 17.3. The van der Waals surface area contributed by atoms with Gasteiger partial charge in [-0.2, -0.15) is 9.65 Å². The molecular weight excluding hydrogens is 211 g/mol. The maximum atomic E-state index is 13.0. The summed E-state index contributed by atoms with van der Waals surface area (Å²) < 4.78 is 14.1. The van der Waals surface area contributed by atoms with Crippen LogP contribution in [-0.2, 0) is 6.54 Å². The number of hydrogen-bond donors (Lipinski definition) is 0. The average Bonchev–Trinajstić information content (AvgIpc) is 2.79. The minimum absolute atomic E-state index is 0.171. The Morgan fingerprint density at radius 1 is 1.50 bits per heavy atom. The Morgan fingerprint density at radius 2 is 2.19 bits per heavy atom. The van der Waals surface area contributed by atoms with E-state index in [9.17, 15) is 9.18 Å². The van der Waals surface area contributed by atoms with Crippen molar-refractivity contribution in [3.63, 3.8) is 0 Å². The van der Waals surface area contributed by atoms with Gasteiger partial charge in [-0.3, -0.25) is 9.36 Å². The van der Waals surface area contributed by atoms with E-state index in [-0.39, 0.29) is 6.54 Å². The molecule has 0 N–H and O–H groups in total. The van der Waals surface area contributed by atoms with E-state index in [1.54, 1.807) is 0 Å². The van der Waals surface area contributed by atoms with Crippen LogP contribution in [0.4, 0.5) is 10.3 Å². The Morgan fingerprint density at radius 3 is 2.81 bits per heavy atom. The molecule has 1 aliphatic rings. The van der Waals surface area contributed by atoms with Crippen molar-refractivity contribution in [3.8, 4) is 6.07 Å². The largest absolute Gasteiger partial charge is 0.342 e. The van der Waals surface area contributed by atoms with Crippen molar-refractivity contribution in [1.29, 1.82) is 5.26 Å². The maximum Gasteiger partial charge on any atom is 0.291 e. The average molecular weight is 222 g/mol. The minimum Gasteiger partial charge on any atom is -0.342 e. The van der Waals surface area contributed by atoms with E-state index in [2.05, 4.69) is 4.98 Å². The predicted molar refractivity (Wildman–Crippen MR) is 55.5 cm³/mol. The zero-order valence-electron chi connectivity index (χ0n) is 8.69. The van der Waals surface area contributed by atoms with E-state index < -0.39 is 11.4 Å². The first-order chi connectivity index (χ1) is 7.74. The first-order valence-electron chi connectivity index (χ1n) is 5.11. The molecule has 1 aliphatic heterocycles. The fourth-order valence-corrected chi connectivity index (χ4v) is 1.84. The Labute approximate surface area is 91.7 Å². The lowest BCUT2D eigenvalue weighted by molar-refractivity contribution is 0.568. The van der Waals surface area contributed by atoms with Crippen molar-refractivity contribution in [2.45, 2.75) is 19.4 Å². The molecule has 6 heteroatoms. The molecule has 0 spiro atoms. The second-order valence-electron chi connectivity index (χ2n) is 3.65. The smallest absolute Gasteiger partial charge is 0.291 e. The van der Waals surface area contributed by atoms with Crippen molar-refractivity contribution in [1.82, 2.24) is 9.55 Å². The van der Waals surface area contributed by atoms with E-state index in [1.807, 2.05) is 11.0 Å².